The van der Waals surface area contributed by atoms with Gasteiger partial charge in [0.1, 0.15) is 0 Å². The van der Waals surface area contributed by atoms with E-state index in [1.807, 2.05) is 43.3 Å². The molecule has 142 valence electrons. The van der Waals surface area contributed by atoms with Crippen molar-refractivity contribution in [1.82, 2.24) is 10.2 Å². The first kappa shape index (κ1) is 18.0. The first-order chi connectivity index (χ1) is 13.7. The fraction of sp³-hybridized carbons (Fsp3) is 0.227. The Hall–Kier alpha value is -3.41. The summed E-state index contributed by atoms with van der Waals surface area (Å²) in [7, 11) is 0. The number of aromatic nitrogens is 2. The minimum atomic E-state index is -0.253. The molecule has 1 N–H and O–H groups in total. The van der Waals surface area contributed by atoms with Gasteiger partial charge >= 0.3 is 0 Å². The van der Waals surface area contributed by atoms with Crippen LogP contribution in [0.4, 0.5) is 17.2 Å². The number of hydrogen-bond donors (Lipinski definition) is 1. The smallest absolute Gasteiger partial charge is 0.276 e. The van der Waals surface area contributed by atoms with Gasteiger partial charge in [0.2, 0.25) is 0 Å². The van der Waals surface area contributed by atoms with Crippen molar-refractivity contribution in [3.05, 3.63) is 78.0 Å². The first-order valence-electron chi connectivity index (χ1n) is 9.46. The molecular weight excluding hydrogens is 350 g/mol. The Labute approximate surface area is 164 Å². The van der Waals surface area contributed by atoms with E-state index in [-0.39, 0.29) is 5.91 Å². The average molecular weight is 373 g/mol. The Morgan fingerprint density at radius 1 is 0.821 bits per heavy atom. The molecule has 4 rings (SSSR count). The lowest BCUT2D eigenvalue weighted by atomic mass is 10.2. The predicted molar refractivity (Wildman–Crippen MR) is 112 cm³/mol. The van der Waals surface area contributed by atoms with Crippen LogP contribution < -0.4 is 15.1 Å². The molecule has 1 fully saturated rings. The number of nitrogens with zero attached hydrogens (tertiary/aromatic N) is 4. The zero-order chi connectivity index (χ0) is 19.3. The summed E-state index contributed by atoms with van der Waals surface area (Å²) >= 11 is 0. The third-order valence-electron chi connectivity index (χ3n) is 4.92. The van der Waals surface area contributed by atoms with Gasteiger partial charge in [-0.2, -0.15) is 0 Å². The Morgan fingerprint density at radius 2 is 1.50 bits per heavy atom. The number of carbonyl (C=O) groups excluding carboxylic acids is 1. The monoisotopic (exact) mass is 373 g/mol. The average Bonchev–Trinajstić information content (AvgIpc) is 2.76. The SMILES string of the molecule is Cc1ccc(NC(=O)c2ccc(N3CCN(c4ccccc4)CC3)nn2)cc1. The summed E-state index contributed by atoms with van der Waals surface area (Å²) in [4.78, 5) is 16.9. The molecule has 28 heavy (non-hydrogen) atoms. The molecule has 1 aromatic heterocycles. The van der Waals surface area contributed by atoms with E-state index in [0.717, 1.165) is 43.2 Å². The van der Waals surface area contributed by atoms with Crippen LogP contribution in [0.3, 0.4) is 0 Å². The van der Waals surface area contributed by atoms with Crippen LogP contribution in [0.15, 0.2) is 66.7 Å². The van der Waals surface area contributed by atoms with E-state index in [2.05, 4.69) is 49.6 Å². The van der Waals surface area contributed by atoms with Crippen molar-refractivity contribution < 1.29 is 4.79 Å². The van der Waals surface area contributed by atoms with Crippen LogP contribution in [0, 0.1) is 6.92 Å². The van der Waals surface area contributed by atoms with Crippen molar-refractivity contribution in [2.24, 2.45) is 0 Å². The molecule has 1 aliphatic rings. The fourth-order valence-corrected chi connectivity index (χ4v) is 3.28. The molecule has 6 nitrogen and oxygen atoms in total. The van der Waals surface area contributed by atoms with Crippen LogP contribution >= 0.6 is 0 Å². The number of para-hydroxylation sites is 1. The maximum Gasteiger partial charge on any atom is 0.276 e. The molecule has 0 atom stereocenters. The minimum absolute atomic E-state index is 0.253. The summed E-state index contributed by atoms with van der Waals surface area (Å²) in [6.07, 6.45) is 0. The van der Waals surface area contributed by atoms with Gasteiger partial charge in [-0.1, -0.05) is 35.9 Å². The van der Waals surface area contributed by atoms with Crippen molar-refractivity contribution in [1.29, 1.82) is 0 Å². The Balaban J connectivity index is 1.36. The van der Waals surface area contributed by atoms with Crippen LogP contribution in [0.1, 0.15) is 16.1 Å². The van der Waals surface area contributed by atoms with Crippen molar-refractivity contribution in [2.75, 3.05) is 41.3 Å². The Bertz CT molecular complexity index is 917. The molecule has 0 aliphatic carbocycles. The number of anilines is 3. The number of nitrogens with one attached hydrogen (secondary N) is 1. The molecule has 2 aromatic carbocycles. The third-order valence-corrected chi connectivity index (χ3v) is 4.92. The van der Waals surface area contributed by atoms with Crippen molar-refractivity contribution >= 4 is 23.1 Å². The van der Waals surface area contributed by atoms with Gasteiger partial charge in [-0.15, -0.1) is 10.2 Å². The molecule has 3 aromatic rings. The fourth-order valence-electron chi connectivity index (χ4n) is 3.28. The van der Waals surface area contributed by atoms with Gasteiger partial charge in [-0.05, 0) is 43.3 Å². The summed E-state index contributed by atoms with van der Waals surface area (Å²) in [5.41, 5.74) is 3.46. The molecule has 0 spiro atoms. The number of carbonyl (C=O) groups is 1. The number of rotatable bonds is 4. The maximum absolute atomic E-state index is 12.4. The van der Waals surface area contributed by atoms with E-state index in [1.165, 1.54) is 5.69 Å². The predicted octanol–water partition coefficient (Wildman–Crippen LogP) is 3.36. The lowest BCUT2D eigenvalue weighted by Gasteiger charge is -2.36. The van der Waals surface area contributed by atoms with Gasteiger partial charge in [0, 0.05) is 37.6 Å². The van der Waals surface area contributed by atoms with E-state index >= 15 is 0 Å². The number of aryl methyl sites for hydroxylation is 1. The Kier molecular flexibility index (Phi) is 5.19. The van der Waals surface area contributed by atoms with Crippen LogP contribution in [0.25, 0.3) is 0 Å². The lowest BCUT2D eigenvalue weighted by molar-refractivity contribution is 0.102. The second-order valence-corrected chi connectivity index (χ2v) is 6.91. The quantitative estimate of drug-likeness (QED) is 0.760. The van der Waals surface area contributed by atoms with Crippen molar-refractivity contribution in [3.63, 3.8) is 0 Å². The second kappa shape index (κ2) is 8.08. The summed E-state index contributed by atoms with van der Waals surface area (Å²) in [5.74, 6) is 0.552. The highest BCUT2D eigenvalue weighted by Crippen LogP contribution is 2.19. The molecule has 6 heteroatoms. The molecule has 0 bridgehead atoms. The van der Waals surface area contributed by atoms with E-state index in [9.17, 15) is 4.79 Å². The van der Waals surface area contributed by atoms with Crippen LogP contribution in [0.5, 0.6) is 0 Å². The molecule has 0 radical (unpaired) electrons. The maximum atomic E-state index is 12.4. The van der Waals surface area contributed by atoms with Gasteiger partial charge in [0.25, 0.3) is 5.91 Å². The van der Waals surface area contributed by atoms with Crippen LogP contribution in [0.2, 0.25) is 0 Å². The van der Waals surface area contributed by atoms with Gasteiger partial charge in [0.05, 0.1) is 0 Å². The van der Waals surface area contributed by atoms with E-state index in [0.29, 0.717) is 5.69 Å². The third kappa shape index (κ3) is 4.11. The summed E-state index contributed by atoms with van der Waals surface area (Å²) in [6.45, 7) is 5.62. The number of benzene rings is 2. The highest BCUT2D eigenvalue weighted by Gasteiger charge is 2.19. The van der Waals surface area contributed by atoms with Crippen molar-refractivity contribution in [3.8, 4) is 0 Å². The Morgan fingerprint density at radius 3 is 2.14 bits per heavy atom. The molecule has 2 heterocycles. The summed E-state index contributed by atoms with van der Waals surface area (Å²) in [5, 5.41) is 11.2. The number of hydrogen-bond acceptors (Lipinski definition) is 5. The zero-order valence-corrected chi connectivity index (χ0v) is 15.9. The van der Waals surface area contributed by atoms with Gasteiger partial charge < -0.3 is 15.1 Å². The summed E-state index contributed by atoms with van der Waals surface area (Å²) < 4.78 is 0. The summed E-state index contributed by atoms with van der Waals surface area (Å²) in [6, 6.07) is 21.7. The van der Waals surface area contributed by atoms with E-state index < -0.39 is 0 Å². The molecule has 1 amide bonds. The number of amides is 1. The zero-order valence-electron chi connectivity index (χ0n) is 15.9. The molecule has 1 aliphatic heterocycles. The van der Waals surface area contributed by atoms with Gasteiger partial charge in [-0.25, -0.2) is 0 Å². The molecule has 1 saturated heterocycles. The standard InChI is InChI=1S/C22H23N5O/c1-17-7-9-18(10-8-17)23-22(28)20-11-12-21(25-24-20)27-15-13-26(14-16-27)19-5-3-2-4-6-19/h2-12H,13-16H2,1H3,(H,23,28). The number of piperazine rings is 1. The van der Waals surface area contributed by atoms with Crippen LogP contribution in [-0.2, 0) is 0 Å². The minimum Gasteiger partial charge on any atom is -0.368 e. The normalized spacial score (nSPS) is 14.0. The topological polar surface area (TPSA) is 61.4 Å². The molecule has 0 saturated carbocycles. The van der Waals surface area contributed by atoms with Gasteiger partial charge in [-0.3, -0.25) is 4.79 Å². The molecule has 0 unspecified atom stereocenters. The van der Waals surface area contributed by atoms with Crippen molar-refractivity contribution in [2.45, 2.75) is 6.92 Å². The lowest BCUT2D eigenvalue weighted by Crippen LogP contribution is -2.46. The highest BCUT2D eigenvalue weighted by molar-refractivity contribution is 6.02. The van der Waals surface area contributed by atoms with E-state index in [1.54, 1.807) is 6.07 Å². The van der Waals surface area contributed by atoms with Crippen LogP contribution in [-0.4, -0.2) is 42.3 Å². The highest BCUT2D eigenvalue weighted by atomic mass is 16.1. The molecular formula is C22H23N5O. The second-order valence-electron chi connectivity index (χ2n) is 6.91. The van der Waals surface area contributed by atoms with E-state index in [4.69, 9.17) is 0 Å². The van der Waals surface area contributed by atoms with Gasteiger partial charge in [0.15, 0.2) is 11.5 Å². The first-order valence-corrected chi connectivity index (χ1v) is 9.46. The largest absolute Gasteiger partial charge is 0.368 e.